The summed E-state index contributed by atoms with van der Waals surface area (Å²) in [5, 5.41) is 0. The molecule has 1 aliphatic heterocycles. The van der Waals surface area contributed by atoms with E-state index in [1.165, 1.54) is 6.42 Å². The summed E-state index contributed by atoms with van der Waals surface area (Å²) in [7, 11) is 0. The monoisotopic (exact) mass is 234 g/mol. The number of rotatable bonds is 1. The normalized spacial score (nSPS) is 20.9. The lowest BCUT2D eigenvalue weighted by atomic mass is 9.80. The van der Waals surface area contributed by atoms with Crippen LogP contribution in [0.25, 0.3) is 0 Å². The number of hydrogen-bond acceptors (Lipinski definition) is 4. The molecule has 17 heavy (non-hydrogen) atoms. The van der Waals surface area contributed by atoms with Crippen LogP contribution in [0, 0.1) is 18.3 Å². The Labute approximate surface area is 103 Å². The zero-order valence-electron chi connectivity index (χ0n) is 11.2. The van der Waals surface area contributed by atoms with Gasteiger partial charge >= 0.3 is 0 Å². The SMILES string of the molecule is Cc1c(N)ncnc1N1CCC(C(C)(C)C)C1. The first-order valence-corrected chi connectivity index (χ1v) is 6.21. The molecule has 1 fully saturated rings. The van der Waals surface area contributed by atoms with Gasteiger partial charge in [0.15, 0.2) is 0 Å². The molecule has 1 aromatic heterocycles. The fraction of sp³-hybridized carbons (Fsp3) is 0.692. The van der Waals surface area contributed by atoms with Crippen LogP contribution in [0.1, 0.15) is 32.8 Å². The molecule has 1 unspecified atom stereocenters. The summed E-state index contributed by atoms with van der Waals surface area (Å²) in [4.78, 5) is 10.7. The summed E-state index contributed by atoms with van der Waals surface area (Å²) >= 11 is 0. The maximum Gasteiger partial charge on any atom is 0.137 e. The van der Waals surface area contributed by atoms with Crippen molar-refractivity contribution in [1.29, 1.82) is 0 Å². The number of aromatic nitrogens is 2. The third kappa shape index (κ3) is 2.35. The van der Waals surface area contributed by atoms with Gasteiger partial charge in [0.25, 0.3) is 0 Å². The van der Waals surface area contributed by atoms with Crippen molar-refractivity contribution in [3.8, 4) is 0 Å². The minimum atomic E-state index is 0.362. The average molecular weight is 234 g/mol. The van der Waals surface area contributed by atoms with Crippen LogP contribution in [0.15, 0.2) is 6.33 Å². The molecule has 4 heteroatoms. The maximum absolute atomic E-state index is 5.83. The van der Waals surface area contributed by atoms with Crippen molar-refractivity contribution in [2.45, 2.75) is 34.1 Å². The summed E-state index contributed by atoms with van der Waals surface area (Å²) in [6, 6.07) is 0. The average Bonchev–Trinajstić information content (AvgIpc) is 2.70. The van der Waals surface area contributed by atoms with Gasteiger partial charge in [-0.15, -0.1) is 0 Å². The lowest BCUT2D eigenvalue weighted by Gasteiger charge is -2.27. The zero-order chi connectivity index (χ0) is 12.6. The van der Waals surface area contributed by atoms with Gasteiger partial charge in [0.05, 0.1) is 0 Å². The number of nitrogens with two attached hydrogens (primary N) is 1. The molecular formula is C13H22N4. The van der Waals surface area contributed by atoms with Gasteiger partial charge in [0, 0.05) is 18.7 Å². The predicted octanol–water partition coefficient (Wildman–Crippen LogP) is 2.24. The van der Waals surface area contributed by atoms with Gasteiger partial charge in [-0.25, -0.2) is 9.97 Å². The Kier molecular flexibility index (Phi) is 2.98. The Morgan fingerprint density at radius 2 is 2.06 bits per heavy atom. The highest BCUT2D eigenvalue weighted by Gasteiger charge is 2.32. The van der Waals surface area contributed by atoms with Crippen LogP contribution in [0.5, 0.6) is 0 Å². The first kappa shape index (κ1) is 12.1. The Morgan fingerprint density at radius 3 is 2.65 bits per heavy atom. The van der Waals surface area contributed by atoms with Gasteiger partial charge in [-0.1, -0.05) is 20.8 Å². The standard InChI is InChI=1S/C13H22N4/c1-9-11(14)15-8-16-12(9)17-6-5-10(7-17)13(2,3)4/h8,10H,5-7H2,1-4H3,(H2,14,15,16). The first-order chi connectivity index (χ1) is 7.89. The number of nitrogen functional groups attached to an aromatic ring is 1. The highest BCUT2D eigenvalue weighted by Crippen LogP contribution is 2.36. The van der Waals surface area contributed by atoms with E-state index in [2.05, 4.69) is 35.6 Å². The number of anilines is 2. The molecule has 0 aliphatic carbocycles. The summed E-state index contributed by atoms with van der Waals surface area (Å²) in [5.41, 5.74) is 7.20. The van der Waals surface area contributed by atoms with E-state index in [-0.39, 0.29) is 0 Å². The van der Waals surface area contributed by atoms with Gasteiger partial charge in [-0.2, -0.15) is 0 Å². The first-order valence-electron chi connectivity index (χ1n) is 6.21. The fourth-order valence-corrected chi connectivity index (χ4v) is 2.43. The van der Waals surface area contributed by atoms with E-state index in [9.17, 15) is 0 Å². The van der Waals surface area contributed by atoms with E-state index < -0.39 is 0 Å². The van der Waals surface area contributed by atoms with Crippen LogP contribution in [0.4, 0.5) is 11.6 Å². The van der Waals surface area contributed by atoms with Crippen LogP contribution in [0.2, 0.25) is 0 Å². The maximum atomic E-state index is 5.83. The van der Waals surface area contributed by atoms with Crippen LogP contribution >= 0.6 is 0 Å². The molecule has 0 amide bonds. The number of hydrogen-bond donors (Lipinski definition) is 1. The molecule has 1 saturated heterocycles. The molecule has 0 spiro atoms. The quantitative estimate of drug-likeness (QED) is 0.809. The summed E-state index contributed by atoms with van der Waals surface area (Å²) < 4.78 is 0. The van der Waals surface area contributed by atoms with E-state index in [0.29, 0.717) is 11.2 Å². The van der Waals surface area contributed by atoms with Crippen molar-refractivity contribution in [3.63, 3.8) is 0 Å². The molecule has 94 valence electrons. The van der Waals surface area contributed by atoms with Crippen LogP contribution in [-0.4, -0.2) is 23.1 Å². The van der Waals surface area contributed by atoms with E-state index in [1.807, 2.05) is 6.92 Å². The van der Waals surface area contributed by atoms with E-state index in [4.69, 9.17) is 5.73 Å². The molecule has 0 aromatic carbocycles. The molecule has 1 aliphatic rings. The minimum absolute atomic E-state index is 0.362. The molecule has 4 nitrogen and oxygen atoms in total. The Morgan fingerprint density at radius 1 is 1.35 bits per heavy atom. The molecule has 1 aromatic rings. The third-order valence-electron chi connectivity index (χ3n) is 3.81. The van der Waals surface area contributed by atoms with Crippen LogP contribution in [-0.2, 0) is 0 Å². The van der Waals surface area contributed by atoms with Crippen molar-refractivity contribution >= 4 is 11.6 Å². The van der Waals surface area contributed by atoms with Crippen molar-refractivity contribution in [2.75, 3.05) is 23.7 Å². The largest absolute Gasteiger partial charge is 0.383 e. The smallest absolute Gasteiger partial charge is 0.137 e. The molecule has 1 atom stereocenters. The van der Waals surface area contributed by atoms with Gasteiger partial charge in [-0.3, -0.25) is 0 Å². The summed E-state index contributed by atoms with van der Waals surface area (Å²) in [6.45, 7) is 11.1. The van der Waals surface area contributed by atoms with Crippen molar-refractivity contribution in [1.82, 2.24) is 9.97 Å². The molecular weight excluding hydrogens is 212 g/mol. The van der Waals surface area contributed by atoms with Crippen molar-refractivity contribution < 1.29 is 0 Å². The van der Waals surface area contributed by atoms with Crippen molar-refractivity contribution in [2.24, 2.45) is 11.3 Å². The second-order valence-corrected chi connectivity index (χ2v) is 6.01. The minimum Gasteiger partial charge on any atom is -0.383 e. The second-order valence-electron chi connectivity index (χ2n) is 6.01. The molecule has 0 bridgehead atoms. The molecule has 0 radical (unpaired) electrons. The van der Waals surface area contributed by atoms with Gasteiger partial charge in [-0.05, 0) is 24.7 Å². The van der Waals surface area contributed by atoms with Crippen molar-refractivity contribution in [3.05, 3.63) is 11.9 Å². The topological polar surface area (TPSA) is 55.0 Å². The molecule has 2 N–H and O–H groups in total. The molecule has 2 rings (SSSR count). The summed E-state index contributed by atoms with van der Waals surface area (Å²) in [6.07, 6.45) is 2.79. The van der Waals surface area contributed by atoms with E-state index in [0.717, 1.165) is 30.4 Å². The third-order valence-corrected chi connectivity index (χ3v) is 3.81. The Hall–Kier alpha value is -1.32. The van der Waals surface area contributed by atoms with Crippen LogP contribution < -0.4 is 10.6 Å². The van der Waals surface area contributed by atoms with Gasteiger partial charge in [0.1, 0.15) is 18.0 Å². The van der Waals surface area contributed by atoms with Gasteiger partial charge < -0.3 is 10.6 Å². The van der Waals surface area contributed by atoms with Crippen LogP contribution in [0.3, 0.4) is 0 Å². The number of nitrogens with zero attached hydrogens (tertiary/aromatic N) is 3. The highest BCUT2D eigenvalue weighted by atomic mass is 15.2. The zero-order valence-corrected chi connectivity index (χ0v) is 11.2. The Balaban J connectivity index is 2.18. The summed E-state index contributed by atoms with van der Waals surface area (Å²) in [5.74, 6) is 2.32. The lowest BCUT2D eigenvalue weighted by Crippen LogP contribution is -2.27. The highest BCUT2D eigenvalue weighted by molar-refractivity contribution is 5.56. The van der Waals surface area contributed by atoms with E-state index >= 15 is 0 Å². The fourth-order valence-electron chi connectivity index (χ4n) is 2.43. The lowest BCUT2D eigenvalue weighted by molar-refractivity contribution is 0.263. The van der Waals surface area contributed by atoms with Gasteiger partial charge in [0.2, 0.25) is 0 Å². The molecule has 2 heterocycles. The Bertz CT molecular complexity index is 408. The molecule has 0 saturated carbocycles. The predicted molar refractivity (Wildman–Crippen MR) is 71.0 cm³/mol. The van der Waals surface area contributed by atoms with E-state index in [1.54, 1.807) is 6.33 Å². The second kappa shape index (κ2) is 4.17.